The molecule has 2 rings (SSSR count). The third-order valence-corrected chi connectivity index (χ3v) is 4.94. The van der Waals surface area contributed by atoms with Crippen LogP contribution < -0.4 is 0 Å². The van der Waals surface area contributed by atoms with Crippen molar-refractivity contribution < 1.29 is 33.9 Å². The lowest BCUT2D eigenvalue weighted by atomic mass is 9.61. The fraction of sp³-hybridized carbons (Fsp3) is 0.571. The van der Waals surface area contributed by atoms with Gasteiger partial charge in [0.1, 0.15) is 5.92 Å². The van der Waals surface area contributed by atoms with Gasteiger partial charge in [-0.2, -0.15) is 0 Å². The first kappa shape index (κ1) is 23.5. The first-order valence-corrected chi connectivity index (χ1v) is 9.75. The van der Waals surface area contributed by atoms with Crippen molar-refractivity contribution in [1.82, 2.24) is 0 Å². The van der Waals surface area contributed by atoms with Crippen LogP contribution in [0.3, 0.4) is 0 Å². The summed E-state index contributed by atoms with van der Waals surface area (Å²) in [4.78, 5) is 49.3. The lowest BCUT2D eigenvalue weighted by Crippen LogP contribution is -2.55. The highest BCUT2D eigenvalue weighted by Crippen LogP contribution is 2.47. The summed E-state index contributed by atoms with van der Waals surface area (Å²) in [7, 11) is 0. The van der Waals surface area contributed by atoms with Crippen molar-refractivity contribution in [3.05, 3.63) is 39.9 Å². The number of ketones is 1. The maximum Gasteiger partial charge on any atom is 0.317 e. The molecule has 1 aliphatic carbocycles. The van der Waals surface area contributed by atoms with E-state index in [4.69, 9.17) is 9.47 Å². The van der Waals surface area contributed by atoms with Gasteiger partial charge in [-0.3, -0.25) is 24.5 Å². The van der Waals surface area contributed by atoms with Gasteiger partial charge in [0.15, 0.2) is 5.78 Å². The van der Waals surface area contributed by atoms with Crippen LogP contribution in [0.2, 0.25) is 0 Å². The molecule has 1 aliphatic rings. The van der Waals surface area contributed by atoms with Crippen LogP contribution in [0.4, 0.5) is 5.69 Å². The van der Waals surface area contributed by atoms with Crippen LogP contribution in [-0.4, -0.2) is 45.6 Å². The smallest absolute Gasteiger partial charge is 0.317 e. The monoisotopic (exact) mass is 421 g/mol. The number of carbonyl (C=O) groups is 3. The molecule has 1 N–H and O–H groups in total. The number of esters is 2. The van der Waals surface area contributed by atoms with E-state index in [1.165, 1.54) is 31.2 Å². The van der Waals surface area contributed by atoms with Crippen molar-refractivity contribution in [2.75, 3.05) is 0 Å². The number of Topliss-reactive ketones (excluding diaryl/α,β-unsaturated/α-hetero) is 1. The van der Waals surface area contributed by atoms with Crippen molar-refractivity contribution >= 4 is 23.4 Å². The van der Waals surface area contributed by atoms with Crippen molar-refractivity contribution in [1.29, 1.82) is 0 Å². The highest BCUT2D eigenvalue weighted by atomic mass is 16.6. The van der Waals surface area contributed by atoms with E-state index in [0.29, 0.717) is 0 Å². The molecule has 0 heterocycles. The minimum Gasteiger partial charge on any atom is -0.463 e. The van der Waals surface area contributed by atoms with E-state index in [-0.39, 0.29) is 11.3 Å². The SMILES string of the molecule is CC(C)OC(=O)[C@@H]1C(=O)C[C@@](C)(O)[C@H](C(=O)OC(C)C)[C@@H]1c1cccc([N+](=O)[O-])c1. The van der Waals surface area contributed by atoms with Gasteiger partial charge in [-0.25, -0.2) is 0 Å². The molecule has 0 saturated heterocycles. The van der Waals surface area contributed by atoms with Crippen molar-refractivity contribution in [2.45, 2.75) is 64.8 Å². The van der Waals surface area contributed by atoms with Crippen molar-refractivity contribution in [2.24, 2.45) is 11.8 Å². The second kappa shape index (κ2) is 8.91. The van der Waals surface area contributed by atoms with Gasteiger partial charge in [-0.05, 0) is 40.2 Å². The Hall–Kier alpha value is -2.81. The van der Waals surface area contributed by atoms with E-state index in [0.717, 1.165) is 0 Å². The van der Waals surface area contributed by atoms with Crippen molar-refractivity contribution in [3.8, 4) is 0 Å². The molecule has 0 unspecified atom stereocenters. The van der Waals surface area contributed by atoms with Crippen LogP contribution in [0.15, 0.2) is 24.3 Å². The summed E-state index contributed by atoms with van der Waals surface area (Å²) in [5.74, 6) is -6.12. The molecule has 164 valence electrons. The number of hydrogen-bond donors (Lipinski definition) is 1. The number of nitro benzene ring substituents is 1. The van der Waals surface area contributed by atoms with E-state index in [2.05, 4.69) is 0 Å². The van der Waals surface area contributed by atoms with Crippen LogP contribution in [0, 0.1) is 22.0 Å². The Morgan fingerprint density at radius 3 is 2.27 bits per heavy atom. The van der Waals surface area contributed by atoms with Crippen LogP contribution in [-0.2, 0) is 23.9 Å². The molecule has 0 aliphatic heterocycles. The minimum atomic E-state index is -1.81. The molecule has 1 aromatic rings. The van der Waals surface area contributed by atoms with Crippen LogP contribution in [0.1, 0.15) is 52.5 Å². The number of non-ortho nitro benzene ring substituents is 1. The standard InChI is InChI=1S/C21H27NO8/c1-11(2)29-19(24)17-15(23)10-21(5,26)18(20(25)30-12(3)4)16(17)13-7-6-8-14(9-13)22(27)28/h6-9,11-12,16-18,26H,10H2,1-5H3/t16-,17-,18+,21-/m1/s1. The van der Waals surface area contributed by atoms with E-state index in [1.54, 1.807) is 27.7 Å². The van der Waals surface area contributed by atoms with Gasteiger partial charge in [0.2, 0.25) is 0 Å². The summed E-state index contributed by atoms with van der Waals surface area (Å²) in [5.41, 5.74) is -1.88. The lowest BCUT2D eigenvalue weighted by molar-refractivity contribution is -0.385. The van der Waals surface area contributed by atoms with Gasteiger partial charge in [-0.15, -0.1) is 0 Å². The third-order valence-electron chi connectivity index (χ3n) is 4.94. The molecule has 9 nitrogen and oxygen atoms in total. The number of hydrogen-bond acceptors (Lipinski definition) is 8. The summed E-state index contributed by atoms with van der Waals surface area (Å²) in [6.07, 6.45) is -1.47. The molecule has 4 atom stereocenters. The Kier molecular flexibility index (Phi) is 6.97. The second-order valence-electron chi connectivity index (χ2n) is 8.30. The number of benzene rings is 1. The second-order valence-corrected chi connectivity index (χ2v) is 8.30. The number of nitrogens with zero attached hydrogens (tertiary/aromatic N) is 1. The fourth-order valence-corrected chi connectivity index (χ4v) is 3.87. The molecule has 30 heavy (non-hydrogen) atoms. The molecule has 0 radical (unpaired) electrons. The van der Waals surface area contributed by atoms with Gasteiger partial charge in [0.25, 0.3) is 5.69 Å². The van der Waals surface area contributed by atoms with E-state index >= 15 is 0 Å². The summed E-state index contributed by atoms with van der Waals surface area (Å²) in [6, 6.07) is 5.34. The molecular formula is C21H27NO8. The van der Waals surface area contributed by atoms with E-state index < -0.39 is 64.6 Å². The predicted octanol–water partition coefficient (Wildman–Crippen LogP) is 2.54. The fourth-order valence-electron chi connectivity index (χ4n) is 3.87. The molecule has 9 heteroatoms. The Labute approximate surface area is 174 Å². The molecule has 0 bridgehead atoms. The van der Waals surface area contributed by atoms with Crippen LogP contribution >= 0.6 is 0 Å². The maximum atomic E-state index is 12.9. The average molecular weight is 421 g/mol. The number of carbonyl (C=O) groups excluding carboxylic acids is 3. The van der Waals surface area contributed by atoms with E-state index in [1.807, 2.05) is 0 Å². The van der Waals surface area contributed by atoms with Gasteiger partial charge < -0.3 is 14.6 Å². The molecular weight excluding hydrogens is 394 g/mol. The maximum absolute atomic E-state index is 12.9. The summed E-state index contributed by atoms with van der Waals surface area (Å²) in [6.45, 7) is 7.83. The molecule has 1 saturated carbocycles. The van der Waals surface area contributed by atoms with Gasteiger partial charge in [-0.1, -0.05) is 12.1 Å². The molecule has 1 fully saturated rings. The Balaban J connectivity index is 2.67. The first-order chi connectivity index (χ1) is 13.8. The topological polar surface area (TPSA) is 133 Å². The molecule has 0 amide bonds. The Morgan fingerprint density at radius 1 is 1.17 bits per heavy atom. The number of aliphatic hydroxyl groups is 1. The summed E-state index contributed by atoms with van der Waals surface area (Å²) in [5, 5.41) is 22.2. The zero-order valence-electron chi connectivity index (χ0n) is 17.7. The average Bonchev–Trinajstić information content (AvgIpc) is 2.58. The zero-order valence-corrected chi connectivity index (χ0v) is 17.7. The summed E-state index contributed by atoms with van der Waals surface area (Å²) < 4.78 is 10.5. The zero-order chi connectivity index (χ0) is 22.8. The van der Waals surface area contributed by atoms with Gasteiger partial charge >= 0.3 is 11.9 Å². The third kappa shape index (κ3) is 5.02. The molecule has 1 aromatic carbocycles. The quantitative estimate of drug-likeness (QED) is 0.321. The first-order valence-electron chi connectivity index (χ1n) is 9.75. The molecule has 0 spiro atoms. The highest BCUT2D eigenvalue weighted by Gasteiger charge is 2.57. The Morgan fingerprint density at radius 2 is 1.73 bits per heavy atom. The highest BCUT2D eigenvalue weighted by molar-refractivity contribution is 6.02. The lowest BCUT2D eigenvalue weighted by Gasteiger charge is -2.43. The Bertz CT molecular complexity index is 837. The van der Waals surface area contributed by atoms with Gasteiger partial charge in [0, 0.05) is 24.5 Å². The van der Waals surface area contributed by atoms with E-state index in [9.17, 15) is 29.6 Å². The molecule has 0 aromatic heterocycles. The predicted molar refractivity (Wildman–Crippen MR) is 106 cm³/mol. The number of nitro groups is 1. The van der Waals surface area contributed by atoms with Crippen molar-refractivity contribution in [3.63, 3.8) is 0 Å². The number of rotatable bonds is 6. The number of ether oxygens (including phenoxy) is 2. The normalized spacial score (nSPS) is 26.5. The minimum absolute atomic E-state index is 0.203. The van der Waals surface area contributed by atoms with Crippen LogP contribution in [0.25, 0.3) is 0 Å². The summed E-state index contributed by atoms with van der Waals surface area (Å²) >= 11 is 0. The largest absolute Gasteiger partial charge is 0.463 e. The van der Waals surface area contributed by atoms with Crippen LogP contribution in [0.5, 0.6) is 0 Å². The van der Waals surface area contributed by atoms with Gasteiger partial charge in [0.05, 0.1) is 28.7 Å².